The van der Waals surface area contributed by atoms with Crippen molar-refractivity contribution in [2.75, 3.05) is 46.0 Å². The van der Waals surface area contributed by atoms with Gasteiger partial charge in [0.2, 0.25) is 0 Å². The summed E-state index contributed by atoms with van der Waals surface area (Å²) in [6, 6.07) is 3.97. The van der Waals surface area contributed by atoms with Crippen LogP contribution in [0.15, 0.2) is 27.8 Å². The van der Waals surface area contributed by atoms with E-state index < -0.39 is 0 Å². The molecule has 27 heavy (non-hydrogen) atoms. The molecule has 1 atom stereocenters. The van der Waals surface area contributed by atoms with Gasteiger partial charge in [-0.05, 0) is 49.7 Å². The van der Waals surface area contributed by atoms with Gasteiger partial charge < -0.3 is 24.1 Å². The van der Waals surface area contributed by atoms with Crippen molar-refractivity contribution >= 4 is 29.9 Å². The molecule has 4 heterocycles. The molecule has 3 fully saturated rings. The van der Waals surface area contributed by atoms with Gasteiger partial charge in [0.05, 0.1) is 18.9 Å². The molecule has 0 amide bonds. The van der Waals surface area contributed by atoms with Crippen molar-refractivity contribution < 1.29 is 13.9 Å². The lowest BCUT2D eigenvalue weighted by Gasteiger charge is -2.33. The maximum absolute atomic E-state index is 5.75. The van der Waals surface area contributed by atoms with Crippen molar-refractivity contribution in [3.63, 3.8) is 0 Å². The molecule has 1 aromatic rings. The number of nitrogens with zero attached hydrogens (tertiary/aromatic N) is 2. The number of guanidine groups is 1. The van der Waals surface area contributed by atoms with Crippen LogP contribution in [0.1, 0.15) is 37.9 Å². The molecule has 3 aliphatic heterocycles. The summed E-state index contributed by atoms with van der Waals surface area (Å²) in [5.74, 6) is 2.05. The summed E-state index contributed by atoms with van der Waals surface area (Å²) in [6.07, 6.45) is 8.78. The Bertz CT molecular complexity index is 581. The molecule has 6 nitrogen and oxygen atoms in total. The minimum atomic E-state index is 0. The minimum Gasteiger partial charge on any atom is -0.469 e. The van der Waals surface area contributed by atoms with Gasteiger partial charge in [-0.1, -0.05) is 0 Å². The van der Waals surface area contributed by atoms with Crippen molar-refractivity contribution in [1.29, 1.82) is 0 Å². The second-order valence-electron chi connectivity index (χ2n) is 7.84. The van der Waals surface area contributed by atoms with E-state index in [1.165, 1.54) is 19.3 Å². The van der Waals surface area contributed by atoms with Gasteiger partial charge in [0.15, 0.2) is 5.96 Å². The van der Waals surface area contributed by atoms with Crippen LogP contribution in [-0.2, 0) is 15.9 Å². The molecule has 0 bridgehead atoms. The molecule has 0 saturated carbocycles. The van der Waals surface area contributed by atoms with Crippen LogP contribution in [-0.4, -0.2) is 63.0 Å². The van der Waals surface area contributed by atoms with Gasteiger partial charge in [0.1, 0.15) is 5.76 Å². The van der Waals surface area contributed by atoms with Crippen LogP contribution in [0, 0.1) is 5.41 Å². The summed E-state index contributed by atoms with van der Waals surface area (Å²) in [5, 5.41) is 3.58. The van der Waals surface area contributed by atoms with Crippen molar-refractivity contribution in [1.82, 2.24) is 10.2 Å². The normalized spacial score (nSPS) is 25.0. The van der Waals surface area contributed by atoms with Crippen LogP contribution >= 0.6 is 24.0 Å². The number of rotatable bonds is 5. The van der Waals surface area contributed by atoms with Gasteiger partial charge in [-0.15, -0.1) is 24.0 Å². The zero-order chi connectivity index (χ0) is 17.7. The summed E-state index contributed by atoms with van der Waals surface area (Å²) in [5.41, 5.74) is 0.422. The lowest BCUT2D eigenvalue weighted by atomic mass is 9.80. The van der Waals surface area contributed by atoms with Gasteiger partial charge in [0.25, 0.3) is 0 Å². The predicted octanol–water partition coefficient (Wildman–Crippen LogP) is 3.07. The molecule has 0 aliphatic carbocycles. The van der Waals surface area contributed by atoms with E-state index in [4.69, 9.17) is 18.9 Å². The third kappa shape index (κ3) is 5.60. The number of hydrogen-bond acceptors (Lipinski definition) is 4. The molecule has 1 N–H and O–H groups in total. The Morgan fingerprint density at radius 2 is 2.15 bits per heavy atom. The molecule has 1 aromatic heterocycles. The van der Waals surface area contributed by atoms with Crippen molar-refractivity contribution in [2.24, 2.45) is 10.4 Å². The number of nitrogens with one attached hydrogen (secondary N) is 1. The van der Waals surface area contributed by atoms with E-state index in [9.17, 15) is 0 Å². The number of likely N-dealkylation sites (tertiary alicyclic amines) is 1. The summed E-state index contributed by atoms with van der Waals surface area (Å²) in [4.78, 5) is 7.38. The molecular formula is C20H32IN3O3. The Morgan fingerprint density at radius 3 is 2.89 bits per heavy atom. The van der Waals surface area contributed by atoms with Crippen LogP contribution < -0.4 is 5.32 Å². The smallest absolute Gasteiger partial charge is 0.194 e. The highest BCUT2D eigenvalue weighted by Gasteiger charge is 2.40. The van der Waals surface area contributed by atoms with Crippen LogP contribution in [0.4, 0.5) is 0 Å². The fourth-order valence-corrected chi connectivity index (χ4v) is 4.33. The number of ether oxygens (including phenoxy) is 2. The summed E-state index contributed by atoms with van der Waals surface area (Å²) in [7, 11) is 0. The van der Waals surface area contributed by atoms with Crippen molar-refractivity contribution in [2.45, 2.75) is 44.6 Å². The van der Waals surface area contributed by atoms with Gasteiger partial charge in [0, 0.05) is 45.9 Å². The van der Waals surface area contributed by atoms with Crippen LogP contribution in [0.25, 0.3) is 0 Å². The zero-order valence-electron chi connectivity index (χ0n) is 16.0. The van der Waals surface area contributed by atoms with E-state index in [1.54, 1.807) is 6.26 Å². The van der Waals surface area contributed by atoms with Crippen LogP contribution in [0.5, 0.6) is 0 Å². The summed E-state index contributed by atoms with van der Waals surface area (Å²) >= 11 is 0. The molecule has 3 aliphatic rings. The Labute approximate surface area is 179 Å². The van der Waals surface area contributed by atoms with Gasteiger partial charge in [-0.25, -0.2) is 0 Å². The quantitative estimate of drug-likeness (QED) is 0.392. The third-order valence-electron chi connectivity index (χ3n) is 5.99. The first-order chi connectivity index (χ1) is 12.8. The highest BCUT2D eigenvalue weighted by Crippen LogP contribution is 2.39. The molecule has 0 aromatic carbocycles. The topological polar surface area (TPSA) is 59.2 Å². The first kappa shape index (κ1) is 20.9. The molecule has 1 unspecified atom stereocenters. The molecule has 152 valence electrons. The van der Waals surface area contributed by atoms with E-state index in [0.717, 1.165) is 77.0 Å². The first-order valence-corrected chi connectivity index (χ1v) is 10.1. The third-order valence-corrected chi connectivity index (χ3v) is 5.99. The van der Waals surface area contributed by atoms with Gasteiger partial charge in [-0.2, -0.15) is 0 Å². The maximum Gasteiger partial charge on any atom is 0.194 e. The molecule has 0 radical (unpaired) electrons. The van der Waals surface area contributed by atoms with Gasteiger partial charge >= 0.3 is 0 Å². The molecule has 7 heteroatoms. The Morgan fingerprint density at radius 1 is 1.26 bits per heavy atom. The Kier molecular flexibility index (Phi) is 7.84. The standard InChI is InChI=1S/C20H31N3O3.HI/c1-3-17(25-11-1)5-9-21-19(22-15-18-4-2-12-26-18)23-10-6-20(16-23)7-13-24-14-8-20;/h1,3,11,18H,2,4-10,12-16H2,(H,21,22);1H. The Balaban J connectivity index is 0.00000210. The highest BCUT2D eigenvalue weighted by molar-refractivity contribution is 14.0. The SMILES string of the molecule is I.c1coc(CCNC(=NCC2CCCO2)N2CCC3(CCOCC3)C2)c1. The number of hydrogen-bond donors (Lipinski definition) is 1. The number of halogens is 1. The van der Waals surface area contributed by atoms with Crippen LogP contribution in [0.3, 0.4) is 0 Å². The van der Waals surface area contributed by atoms with Crippen molar-refractivity contribution in [3.05, 3.63) is 24.2 Å². The monoisotopic (exact) mass is 489 g/mol. The Hall–Kier alpha value is -0.800. The first-order valence-electron chi connectivity index (χ1n) is 10.1. The molecular weight excluding hydrogens is 457 g/mol. The maximum atomic E-state index is 5.75. The average molecular weight is 489 g/mol. The summed E-state index contributed by atoms with van der Waals surface area (Å²) in [6.45, 7) is 6.46. The average Bonchev–Trinajstić information content (AvgIpc) is 3.42. The zero-order valence-corrected chi connectivity index (χ0v) is 18.4. The lowest BCUT2D eigenvalue weighted by Crippen LogP contribution is -2.43. The van der Waals surface area contributed by atoms with Crippen molar-refractivity contribution in [3.8, 4) is 0 Å². The predicted molar refractivity (Wildman–Crippen MR) is 116 cm³/mol. The molecule has 1 spiro atoms. The minimum absolute atomic E-state index is 0. The largest absolute Gasteiger partial charge is 0.469 e. The van der Waals surface area contributed by atoms with E-state index in [0.29, 0.717) is 5.41 Å². The molecule has 4 rings (SSSR count). The van der Waals surface area contributed by atoms with E-state index in [2.05, 4.69) is 10.2 Å². The van der Waals surface area contributed by atoms with E-state index in [-0.39, 0.29) is 30.1 Å². The van der Waals surface area contributed by atoms with E-state index >= 15 is 0 Å². The van der Waals surface area contributed by atoms with Crippen LogP contribution in [0.2, 0.25) is 0 Å². The fourth-order valence-electron chi connectivity index (χ4n) is 4.33. The number of furan rings is 1. The lowest BCUT2D eigenvalue weighted by molar-refractivity contribution is 0.0217. The highest BCUT2D eigenvalue weighted by atomic mass is 127. The van der Waals surface area contributed by atoms with Gasteiger partial charge in [-0.3, -0.25) is 4.99 Å². The summed E-state index contributed by atoms with van der Waals surface area (Å²) < 4.78 is 16.8. The van der Waals surface area contributed by atoms with E-state index in [1.807, 2.05) is 12.1 Å². The fraction of sp³-hybridized carbons (Fsp3) is 0.750. The molecule has 3 saturated heterocycles. The second-order valence-corrected chi connectivity index (χ2v) is 7.84. The second kappa shape index (κ2) is 10.1. The number of aliphatic imine (C=N–C) groups is 1.